The quantitative estimate of drug-likeness (QED) is 0.757. The average Bonchev–Trinajstić information content (AvgIpc) is 2.29. The predicted octanol–water partition coefficient (Wildman–Crippen LogP) is 2.11. The molecular formula is C12H13BrFNO3. The van der Waals surface area contributed by atoms with E-state index in [0.717, 1.165) is 5.56 Å². The summed E-state index contributed by atoms with van der Waals surface area (Å²) in [5.74, 6) is -1.26. The van der Waals surface area contributed by atoms with Gasteiger partial charge in [-0.15, -0.1) is 0 Å². The van der Waals surface area contributed by atoms with Gasteiger partial charge >= 0.3 is 5.97 Å². The van der Waals surface area contributed by atoms with E-state index in [1.165, 1.54) is 12.1 Å². The van der Waals surface area contributed by atoms with Crippen LogP contribution in [0.5, 0.6) is 0 Å². The molecule has 1 rings (SSSR count). The van der Waals surface area contributed by atoms with E-state index in [1.54, 1.807) is 6.07 Å². The summed E-state index contributed by atoms with van der Waals surface area (Å²) in [7, 11) is 0. The van der Waals surface area contributed by atoms with Crippen molar-refractivity contribution in [2.24, 2.45) is 0 Å². The molecule has 1 amide bonds. The van der Waals surface area contributed by atoms with Gasteiger partial charge in [-0.2, -0.15) is 0 Å². The Bertz CT molecular complexity index is 439. The van der Waals surface area contributed by atoms with E-state index in [0.29, 0.717) is 23.7 Å². The molecule has 18 heavy (non-hydrogen) atoms. The van der Waals surface area contributed by atoms with Gasteiger partial charge in [-0.1, -0.05) is 22.0 Å². The van der Waals surface area contributed by atoms with Crippen LogP contribution in [0.15, 0.2) is 22.7 Å². The van der Waals surface area contributed by atoms with Crippen molar-refractivity contribution in [1.82, 2.24) is 5.32 Å². The van der Waals surface area contributed by atoms with Gasteiger partial charge in [-0.3, -0.25) is 9.59 Å². The summed E-state index contributed by atoms with van der Waals surface area (Å²) in [5.41, 5.74) is 0.820. The van der Waals surface area contributed by atoms with Crippen LogP contribution < -0.4 is 5.32 Å². The molecule has 0 saturated heterocycles. The molecule has 0 fully saturated rings. The number of halogens is 2. The average molecular weight is 318 g/mol. The van der Waals surface area contributed by atoms with Crippen LogP contribution in [0.4, 0.5) is 4.39 Å². The smallest absolute Gasteiger partial charge is 0.303 e. The largest absolute Gasteiger partial charge is 0.481 e. The number of hydrogen-bond acceptors (Lipinski definition) is 2. The maximum Gasteiger partial charge on any atom is 0.303 e. The summed E-state index contributed by atoms with van der Waals surface area (Å²) in [6, 6.07) is 4.00. The molecule has 4 nitrogen and oxygen atoms in total. The summed E-state index contributed by atoms with van der Waals surface area (Å²) >= 11 is 3.23. The van der Waals surface area contributed by atoms with Gasteiger partial charge in [0.1, 0.15) is 5.82 Å². The second kappa shape index (κ2) is 7.10. The van der Waals surface area contributed by atoms with Crippen LogP contribution in [0.25, 0.3) is 0 Å². The molecule has 1 unspecified atom stereocenters. The second-order valence-corrected chi connectivity index (χ2v) is 4.71. The Labute approximate surface area is 112 Å². The molecule has 1 atom stereocenters. The minimum absolute atomic E-state index is 0.0235. The third-order valence-electron chi connectivity index (χ3n) is 2.49. The molecule has 1 aromatic rings. The maximum absolute atomic E-state index is 12.9. The number of carboxylic acids is 1. The molecule has 6 heteroatoms. The molecule has 0 heterocycles. The molecular weight excluding hydrogens is 305 g/mol. The van der Waals surface area contributed by atoms with Crippen molar-refractivity contribution in [3.05, 3.63) is 34.1 Å². The highest BCUT2D eigenvalue weighted by Crippen LogP contribution is 2.20. The number of benzene rings is 1. The highest BCUT2D eigenvalue weighted by molar-refractivity contribution is 9.10. The summed E-state index contributed by atoms with van der Waals surface area (Å²) in [4.78, 5) is 21.0. The van der Waals surface area contributed by atoms with Gasteiger partial charge in [0.05, 0.1) is 0 Å². The van der Waals surface area contributed by atoms with Gasteiger partial charge < -0.3 is 10.4 Å². The van der Waals surface area contributed by atoms with Gasteiger partial charge in [0.2, 0.25) is 6.41 Å². The highest BCUT2D eigenvalue weighted by atomic mass is 79.9. The first kappa shape index (κ1) is 14.6. The monoisotopic (exact) mass is 317 g/mol. The first-order chi connectivity index (χ1) is 8.52. The zero-order valence-corrected chi connectivity index (χ0v) is 11.1. The second-order valence-electron chi connectivity index (χ2n) is 3.85. The van der Waals surface area contributed by atoms with Gasteiger partial charge in [0.25, 0.3) is 0 Å². The molecule has 0 aliphatic rings. The van der Waals surface area contributed by atoms with Crippen LogP contribution in [-0.4, -0.2) is 23.5 Å². The summed E-state index contributed by atoms with van der Waals surface area (Å²) in [5, 5.41) is 11.2. The number of hydrogen-bond donors (Lipinski definition) is 2. The highest BCUT2D eigenvalue weighted by Gasteiger charge is 2.13. The fraction of sp³-hybridized carbons (Fsp3) is 0.333. The van der Waals surface area contributed by atoms with E-state index in [-0.39, 0.29) is 18.3 Å². The van der Waals surface area contributed by atoms with Crippen molar-refractivity contribution in [3.8, 4) is 0 Å². The van der Waals surface area contributed by atoms with Crippen molar-refractivity contribution in [2.45, 2.75) is 25.3 Å². The predicted molar refractivity (Wildman–Crippen MR) is 67.7 cm³/mol. The first-order valence-corrected chi connectivity index (χ1v) is 6.17. The van der Waals surface area contributed by atoms with Crippen LogP contribution in [-0.2, 0) is 16.0 Å². The summed E-state index contributed by atoms with van der Waals surface area (Å²) in [6.07, 6.45) is 1.30. The SMILES string of the molecule is O=CNC(CCC(=O)O)Cc1ccc(F)cc1Br. The molecule has 1 aromatic carbocycles. The Balaban J connectivity index is 2.69. The zero-order valence-electron chi connectivity index (χ0n) is 9.53. The maximum atomic E-state index is 12.9. The fourth-order valence-corrected chi connectivity index (χ4v) is 2.10. The lowest BCUT2D eigenvalue weighted by molar-refractivity contribution is -0.137. The molecule has 0 saturated carbocycles. The third kappa shape index (κ3) is 4.83. The molecule has 0 bridgehead atoms. The standard InChI is InChI=1S/C12H13BrFNO3/c13-11-6-9(14)2-1-8(11)5-10(15-7-16)3-4-12(17)18/h1-2,6-7,10H,3-5H2,(H,15,16)(H,17,18). The van der Waals surface area contributed by atoms with Crippen molar-refractivity contribution >= 4 is 28.3 Å². The number of nitrogens with one attached hydrogen (secondary N) is 1. The minimum Gasteiger partial charge on any atom is -0.481 e. The van der Waals surface area contributed by atoms with E-state index in [9.17, 15) is 14.0 Å². The van der Waals surface area contributed by atoms with Crippen LogP contribution in [0, 0.1) is 5.82 Å². The Hall–Kier alpha value is -1.43. The Morgan fingerprint density at radius 3 is 2.83 bits per heavy atom. The lowest BCUT2D eigenvalue weighted by atomic mass is 10.0. The van der Waals surface area contributed by atoms with E-state index < -0.39 is 5.97 Å². The van der Waals surface area contributed by atoms with Gasteiger partial charge in [-0.05, 0) is 30.5 Å². The summed E-state index contributed by atoms with van der Waals surface area (Å²) in [6.45, 7) is 0. The molecule has 0 aliphatic heterocycles. The fourth-order valence-electron chi connectivity index (χ4n) is 1.59. The number of aliphatic carboxylic acids is 1. The van der Waals surface area contributed by atoms with Gasteiger partial charge in [-0.25, -0.2) is 4.39 Å². The van der Waals surface area contributed by atoms with Crippen LogP contribution >= 0.6 is 15.9 Å². The normalized spacial score (nSPS) is 11.9. The third-order valence-corrected chi connectivity index (χ3v) is 3.23. The van der Waals surface area contributed by atoms with Crippen molar-refractivity contribution < 1.29 is 19.1 Å². The van der Waals surface area contributed by atoms with Crippen molar-refractivity contribution in [2.75, 3.05) is 0 Å². The molecule has 2 N–H and O–H groups in total. The molecule has 0 aliphatic carbocycles. The molecule has 0 radical (unpaired) electrons. The number of rotatable bonds is 7. The van der Waals surface area contributed by atoms with Crippen LogP contribution in [0.3, 0.4) is 0 Å². The number of carboxylic acid groups (broad SMARTS) is 1. The van der Waals surface area contributed by atoms with E-state index >= 15 is 0 Å². The number of carbonyl (C=O) groups excluding carboxylic acids is 1. The van der Waals surface area contributed by atoms with E-state index in [4.69, 9.17) is 5.11 Å². The Kier molecular flexibility index (Phi) is 5.77. The minimum atomic E-state index is -0.911. The summed E-state index contributed by atoms with van der Waals surface area (Å²) < 4.78 is 13.5. The lowest BCUT2D eigenvalue weighted by Crippen LogP contribution is -2.30. The molecule has 0 aromatic heterocycles. The zero-order chi connectivity index (χ0) is 13.5. The topological polar surface area (TPSA) is 66.4 Å². The molecule has 98 valence electrons. The number of amides is 1. The van der Waals surface area contributed by atoms with Crippen LogP contribution in [0.2, 0.25) is 0 Å². The number of carbonyl (C=O) groups is 2. The van der Waals surface area contributed by atoms with Crippen molar-refractivity contribution in [1.29, 1.82) is 0 Å². The Morgan fingerprint density at radius 1 is 1.56 bits per heavy atom. The van der Waals surface area contributed by atoms with Crippen LogP contribution in [0.1, 0.15) is 18.4 Å². The molecule has 0 spiro atoms. The Morgan fingerprint density at radius 2 is 2.28 bits per heavy atom. The van der Waals surface area contributed by atoms with E-state index in [2.05, 4.69) is 21.2 Å². The lowest BCUT2D eigenvalue weighted by Gasteiger charge is -2.16. The first-order valence-electron chi connectivity index (χ1n) is 5.38. The van der Waals surface area contributed by atoms with Gasteiger partial charge in [0, 0.05) is 16.9 Å². The van der Waals surface area contributed by atoms with E-state index in [1.807, 2.05) is 0 Å². The van der Waals surface area contributed by atoms with Crippen molar-refractivity contribution in [3.63, 3.8) is 0 Å². The van der Waals surface area contributed by atoms with Gasteiger partial charge in [0.15, 0.2) is 0 Å².